The molecule has 220 valence electrons. The van der Waals surface area contributed by atoms with Gasteiger partial charge >= 0.3 is 11.9 Å². The van der Waals surface area contributed by atoms with Gasteiger partial charge < -0.3 is 14.4 Å². The maximum atomic E-state index is 13.7. The fourth-order valence-corrected chi connectivity index (χ4v) is 4.90. The third kappa shape index (κ3) is 7.22. The minimum absolute atomic E-state index is 0. The van der Waals surface area contributed by atoms with E-state index in [9.17, 15) is 23.2 Å². The smallest absolute Gasteiger partial charge is 0.343 e. The monoisotopic (exact) mass is 583 g/mol. The van der Waals surface area contributed by atoms with Crippen LogP contribution < -0.4 is 9.64 Å². The lowest BCUT2D eigenvalue weighted by Gasteiger charge is -2.47. The van der Waals surface area contributed by atoms with Gasteiger partial charge in [-0.1, -0.05) is 56.0 Å². The molecule has 4 aromatic rings. The normalized spacial score (nSPS) is 16.1. The van der Waals surface area contributed by atoms with Crippen LogP contribution in [0.5, 0.6) is 5.75 Å². The van der Waals surface area contributed by atoms with Gasteiger partial charge in [0.25, 0.3) is 0 Å². The van der Waals surface area contributed by atoms with Crippen LogP contribution in [0.25, 0.3) is 5.57 Å². The summed E-state index contributed by atoms with van der Waals surface area (Å²) >= 11 is 0. The number of halogens is 2. The molecule has 0 bridgehead atoms. The van der Waals surface area contributed by atoms with Crippen LogP contribution in [-0.2, 0) is 14.3 Å². The zero-order valence-corrected chi connectivity index (χ0v) is 22.7. The number of carbonyl (C=O) groups excluding carboxylic acids is 3. The molecule has 0 radical (unpaired) electrons. The van der Waals surface area contributed by atoms with Crippen LogP contribution in [0.15, 0.2) is 109 Å². The Bertz CT molecular complexity index is 1600. The summed E-state index contributed by atoms with van der Waals surface area (Å²) < 4.78 is 37.9. The quantitative estimate of drug-likeness (QED) is 0.116. The van der Waals surface area contributed by atoms with Gasteiger partial charge in [0.2, 0.25) is 5.91 Å². The highest BCUT2D eigenvalue weighted by Gasteiger charge is 2.48. The molecule has 0 N–H and O–H groups in total. The Morgan fingerprint density at radius 2 is 1.42 bits per heavy atom. The number of carbonyl (C=O) groups is 3. The second-order valence-electron chi connectivity index (χ2n) is 9.81. The zero-order chi connectivity index (χ0) is 29.6. The lowest BCUT2D eigenvalue weighted by atomic mass is 9.79. The van der Waals surface area contributed by atoms with E-state index in [0.717, 1.165) is 5.56 Å². The topological polar surface area (TPSA) is 72.9 Å². The van der Waals surface area contributed by atoms with Crippen molar-refractivity contribution < 1.29 is 32.6 Å². The van der Waals surface area contributed by atoms with E-state index in [0.29, 0.717) is 34.6 Å². The van der Waals surface area contributed by atoms with Crippen molar-refractivity contribution in [2.45, 2.75) is 26.8 Å². The van der Waals surface area contributed by atoms with Crippen molar-refractivity contribution in [1.82, 2.24) is 0 Å². The fourth-order valence-electron chi connectivity index (χ4n) is 4.90. The molecule has 1 fully saturated rings. The first-order chi connectivity index (χ1) is 20.3. The SMILES string of the molecule is C.CC(=O)OC/C(=C\C[C@H]1C(=O)N(c2ccc(F)cc2)[C@@H]1c1ccc(OC(=O)c2ccccc2)cc1)c1ccc(F)cc1. The van der Waals surface area contributed by atoms with Crippen molar-refractivity contribution in [3.63, 3.8) is 0 Å². The Kier molecular flexibility index (Phi) is 9.83. The van der Waals surface area contributed by atoms with Gasteiger partial charge in [-0.15, -0.1) is 0 Å². The number of hydrogen-bond donors (Lipinski definition) is 0. The number of hydrogen-bond acceptors (Lipinski definition) is 5. The van der Waals surface area contributed by atoms with Crippen molar-refractivity contribution in [3.05, 3.63) is 138 Å². The first-order valence-corrected chi connectivity index (χ1v) is 13.3. The molecule has 6 nitrogen and oxygen atoms in total. The van der Waals surface area contributed by atoms with Gasteiger partial charge in [0.05, 0.1) is 17.5 Å². The molecule has 0 aliphatic carbocycles. The molecule has 0 unspecified atom stereocenters. The third-order valence-corrected chi connectivity index (χ3v) is 7.02. The van der Waals surface area contributed by atoms with Crippen LogP contribution in [0, 0.1) is 17.6 Å². The van der Waals surface area contributed by atoms with Crippen LogP contribution in [0.3, 0.4) is 0 Å². The summed E-state index contributed by atoms with van der Waals surface area (Å²) in [6, 6.07) is 26.6. The average Bonchev–Trinajstić information content (AvgIpc) is 3.00. The Hall–Kier alpha value is -5.11. The molecule has 4 aromatic carbocycles. The van der Waals surface area contributed by atoms with E-state index < -0.39 is 35.5 Å². The molecule has 1 amide bonds. The van der Waals surface area contributed by atoms with Crippen LogP contribution in [-0.4, -0.2) is 24.5 Å². The Morgan fingerprint density at radius 1 is 0.814 bits per heavy atom. The number of esters is 2. The summed E-state index contributed by atoms with van der Waals surface area (Å²) in [5, 5.41) is 0. The lowest BCUT2D eigenvalue weighted by Crippen LogP contribution is -2.55. The summed E-state index contributed by atoms with van der Waals surface area (Å²) in [7, 11) is 0. The summed E-state index contributed by atoms with van der Waals surface area (Å²) in [6.07, 6.45) is 2.13. The maximum Gasteiger partial charge on any atom is 0.343 e. The second-order valence-corrected chi connectivity index (χ2v) is 9.81. The van der Waals surface area contributed by atoms with E-state index >= 15 is 0 Å². The Balaban J connectivity index is 0.00000423. The molecule has 1 aliphatic heterocycles. The van der Waals surface area contributed by atoms with E-state index in [4.69, 9.17) is 9.47 Å². The first kappa shape index (κ1) is 30.8. The van der Waals surface area contributed by atoms with Crippen molar-refractivity contribution in [3.8, 4) is 5.75 Å². The highest BCUT2D eigenvalue weighted by molar-refractivity contribution is 6.03. The van der Waals surface area contributed by atoms with Gasteiger partial charge in [0.15, 0.2) is 0 Å². The lowest BCUT2D eigenvalue weighted by molar-refractivity contribution is -0.139. The highest BCUT2D eigenvalue weighted by atomic mass is 19.1. The first-order valence-electron chi connectivity index (χ1n) is 13.3. The standard InChI is InChI=1S/C34H27F2NO5.CH4/c1-22(38)41-21-26(23-7-12-27(35)13-8-23)11-20-31-32(37(33(31)39)29-16-14-28(36)15-17-29)24-9-18-30(19-10-24)42-34(40)25-5-3-2-4-6-25;/h2-19,31-32H,20-21H2,1H3;1H4/b26-11+;/t31-,32-;/m1./s1. The molecular formula is C35H31F2NO5. The van der Waals surface area contributed by atoms with Crippen LogP contribution in [0.1, 0.15) is 48.3 Å². The number of nitrogens with zero attached hydrogens (tertiary/aromatic N) is 1. The molecular weight excluding hydrogens is 552 g/mol. The van der Waals surface area contributed by atoms with Crippen molar-refractivity contribution in [1.29, 1.82) is 0 Å². The number of allylic oxidation sites excluding steroid dienone is 1. The van der Waals surface area contributed by atoms with Gasteiger partial charge in [0, 0.05) is 12.6 Å². The predicted molar refractivity (Wildman–Crippen MR) is 160 cm³/mol. The predicted octanol–water partition coefficient (Wildman–Crippen LogP) is 7.56. The Morgan fingerprint density at radius 3 is 2.02 bits per heavy atom. The van der Waals surface area contributed by atoms with E-state index in [2.05, 4.69) is 0 Å². The summed E-state index contributed by atoms with van der Waals surface area (Å²) in [6.45, 7) is 1.27. The molecule has 0 spiro atoms. The van der Waals surface area contributed by atoms with Crippen molar-refractivity contribution in [2.75, 3.05) is 11.5 Å². The number of ether oxygens (including phenoxy) is 2. The van der Waals surface area contributed by atoms with Crippen molar-refractivity contribution >= 4 is 29.1 Å². The van der Waals surface area contributed by atoms with Gasteiger partial charge in [0.1, 0.15) is 24.0 Å². The molecule has 0 aromatic heterocycles. The zero-order valence-electron chi connectivity index (χ0n) is 22.7. The minimum Gasteiger partial charge on any atom is -0.461 e. The number of benzene rings is 4. The van der Waals surface area contributed by atoms with Crippen LogP contribution >= 0.6 is 0 Å². The molecule has 0 saturated carbocycles. The van der Waals surface area contributed by atoms with Crippen molar-refractivity contribution in [2.24, 2.45) is 5.92 Å². The second kappa shape index (κ2) is 13.7. The number of amides is 1. The highest BCUT2D eigenvalue weighted by Crippen LogP contribution is 2.46. The Labute approximate surface area is 249 Å². The number of rotatable bonds is 9. The van der Waals surface area contributed by atoms with E-state index in [1.807, 2.05) is 12.1 Å². The van der Waals surface area contributed by atoms with Gasteiger partial charge in [-0.2, -0.15) is 0 Å². The van der Waals surface area contributed by atoms with E-state index in [1.165, 1.54) is 31.2 Å². The molecule has 8 heteroatoms. The molecule has 2 atom stereocenters. The molecule has 43 heavy (non-hydrogen) atoms. The minimum atomic E-state index is -0.487. The largest absolute Gasteiger partial charge is 0.461 e. The van der Waals surface area contributed by atoms with Gasteiger partial charge in [-0.3, -0.25) is 9.59 Å². The summed E-state index contributed by atoms with van der Waals surface area (Å²) in [5.74, 6) is -2.05. The maximum absolute atomic E-state index is 13.7. The summed E-state index contributed by atoms with van der Waals surface area (Å²) in [4.78, 5) is 39.0. The molecule has 1 heterocycles. The molecule has 1 aliphatic rings. The third-order valence-electron chi connectivity index (χ3n) is 7.02. The van der Waals surface area contributed by atoms with Crippen LogP contribution in [0.4, 0.5) is 14.5 Å². The molecule has 1 saturated heterocycles. The van der Waals surface area contributed by atoms with Crippen LogP contribution in [0.2, 0.25) is 0 Å². The van der Waals surface area contributed by atoms with Gasteiger partial charge in [-0.05, 0) is 83.8 Å². The van der Waals surface area contributed by atoms with E-state index in [-0.39, 0.29) is 19.9 Å². The van der Waals surface area contributed by atoms with E-state index in [1.54, 1.807) is 77.7 Å². The summed E-state index contributed by atoms with van der Waals surface area (Å²) in [5.41, 5.74) is 3.07. The average molecular weight is 584 g/mol. The number of β-lactam (4-membered cyclic amide) rings is 1. The number of anilines is 1. The molecule has 5 rings (SSSR count). The fraction of sp³-hybridized carbons (Fsp3) is 0.171. The van der Waals surface area contributed by atoms with Gasteiger partial charge in [-0.25, -0.2) is 13.6 Å².